The van der Waals surface area contributed by atoms with Crippen LogP contribution in [-0.2, 0) is 19.1 Å². The van der Waals surface area contributed by atoms with Gasteiger partial charge in [0.25, 0.3) is 0 Å². The quantitative estimate of drug-likeness (QED) is 0.214. The summed E-state index contributed by atoms with van der Waals surface area (Å²) in [6.45, 7) is 5.20. The maximum absolute atomic E-state index is 12.1. The molecule has 0 saturated heterocycles. The second kappa shape index (κ2) is 15.8. The first-order chi connectivity index (χ1) is 13.6. The summed E-state index contributed by atoms with van der Waals surface area (Å²) in [5.74, 6) is -0.188. The fourth-order valence-corrected chi connectivity index (χ4v) is 3.99. The first kappa shape index (κ1) is 25.0. The molecular formula is C24H44O4. The highest BCUT2D eigenvalue weighted by molar-refractivity contribution is 5.69. The van der Waals surface area contributed by atoms with Crippen molar-refractivity contribution in [3.8, 4) is 0 Å². The van der Waals surface area contributed by atoms with Crippen molar-refractivity contribution in [1.29, 1.82) is 0 Å². The average Bonchev–Trinajstić information content (AvgIpc) is 2.71. The molecular weight excluding hydrogens is 352 g/mol. The molecule has 4 nitrogen and oxygen atoms in total. The third-order valence-electron chi connectivity index (χ3n) is 5.96. The fraction of sp³-hybridized carbons (Fsp3) is 0.917. The Balaban J connectivity index is 2.29. The minimum absolute atomic E-state index is 0.0938. The molecule has 0 aromatic carbocycles. The van der Waals surface area contributed by atoms with Gasteiger partial charge in [-0.3, -0.25) is 9.59 Å². The minimum Gasteiger partial charge on any atom is -0.465 e. The predicted octanol–water partition coefficient (Wildman–Crippen LogP) is 6.74. The maximum Gasteiger partial charge on any atom is 0.305 e. The molecule has 0 radical (unpaired) electrons. The average molecular weight is 397 g/mol. The highest BCUT2D eigenvalue weighted by Crippen LogP contribution is 2.37. The Morgan fingerprint density at radius 3 is 1.50 bits per heavy atom. The van der Waals surface area contributed by atoms with Crippen LogP contribution in [-0.4, -0.2) is 25.2 Å². The summed E-state index contributed by atoms with van der Waals surface area (Å²) < 4.78 is 11.2. The molecule has 1 saturated carbocycles. The van der Waals surface area contributed by atoms with Gasteiger partial charge in [-0.05, 0) is 25.7 Å². The zero-order chi connectivity index (χ0) is 20.5. The Morgan fingerprint density at radius 1 is 0.643 bits per heavy atom. The number of esters is 2. The summed E-state index contributed by atoms with van der Waals surface area (Å²) in [7, 11) is 0. The fourth-order valence-electron chi connectivity index (χ4n) is 3.99. The second-order valence-corrected chi connectivity index (χ2v) is 8.71. The van der Waals surface area contributed by atoms with E-state index < -0.39 is 0 Å². The van der Waals surface area contributed by atoms with Crippen LogP contribution in [0.5, 0.6) is 0 Å². The van der Waals surface area contributed by atoms with Crippen molar-refractivity contribution in [1.82, 2.24) is 0 Å². The van der Waals surface area contributed by atoms with Crippen LogP contribution in [0.2, 0.25) is 0 Å². The summed E-state index contributed by atoms with van der Waals surface area (Å²) in [4.78, 5) is 24.2. The largest absolute Gasteiger partial charge is 0.465 e. The van der Waals surface area contributed by atoms with Gasteiger partial charge in [0.15, 0.2) is 0 Å². The lowest BCUT2D eigenvalue weighted by molar-refractivity contribution is -0.156. The molecule has 28 heavy (non-hydrogen) atoms. The summed E-state index contributed by atoms with van der Waals surface area (Å²) >= 11 is 0. The van der Waals surface area contributed by atoms with E-state index in [9.17, 15) is 9.59 Å². The van der Waals surface area contributed by atoms with Gasteiger partial charge in [0.2, 0.25) is 0 Å². The van der Waals surface area contributed by atoms with Crippen molar-refractivity contribution >= 4 is 11.9 Å². The van der Waals surface area contributed by atoms with E-state index in [1.807, 2.05) is 0 Å². The smallest absolute Gasteiger partial charge is 0.305 e. The summed E-state index contributed by atoms with van der Waals surface area (Å²) in [6.07, 6.45) is 17.8. The third-order valence-corrected chi connectivity index (χ3v) is 5.96. The summed E-state index contributed by atoms with van der Waals surface area (Å²) in [6, 6.07) is 0. The third kappa shape index (κ3) is 11.7. The van der Waals surface area contributed by atoms with Crippen LogP contribution in [0.25, 0.3) is 0 Å². The molecule has 0 aliphatic heterocycles. The standard InChI is InChI=1S/C24H44O4/c1-3-5-7-9-12-16-22(25)27-20-24(18-14-11-15-19-24)21-28-23(26)17-13-10-8-6-4-2/h3-21H2,1-2H3. The zero-order valence-electron chi connectivity index (χ0n) is 18.6. The number of hydrogen-bond acceptors (Lipinski definition) is 4. The SMILES string of the molecule is CCCCCCCC(=O)OCC1(COC(=O)CCCCCCC)CCCCC1. The van der Waals surface area contributed by atoms with Gasteiger partial charge in [0.1, 0.15) is 13.2 Å². The summed E-state index contributed by atoms with van der Waals surface area (Å²) in [5, 5.41) is 0. The number of carbonyl (C=O) groups excluding carboxylic acids is 2. The molecule has 0 unspecified atom stereocenters. The van der Waals surface area contributed by atoms with Crippen LogP contribution in [0.3, 0.4) is 0 Å². The molecule has 0 spiro atoms. The normalized spacial score (nSPS) is 15.9. The van der Waals surface area contributed by atoms with Gasteiger partial charge in [0, 0.05) is 18.3 Å². The molecule has 0 atom stereocenters. The Morgan fingerprint density at radius 2 is 1.07 bits per heavy atom. The first-order valence-electron chi connectivity index (χ1n) is 11.9. The second-order valence-electron chi connectivity index (χ2n) is 8.71. The van der Waals surface area contributed by atoms with Gasteiger partial charge in [-0.25, -0.2) is 0 Å². The summed E-state index contributed by atoms with van der Waals surface area (Å²) in [5.41, 5.74) is -0.159. The lowest BCUT2D eigenvalue weighted by Crippen LogP contribution is -2.36. The highest BCUT2D eigenvalue weighted by atomic mass is 16.5. The van der Waals surface area contributed by atoms with E-state index in [0.717, 1.165) is 51.4 Å². The molecule has 164 valence electrons. The highest BCUT2D eigenvalue weighted by Gasteiger charge is 2.35. The zero-order valence-corrected chi connectivity index (χ0v) is 18.6. The lowest BCUT2D eigenvalue weighted by Gasteiger charge is -2.36. The van der Waals surface area contributed by atoms with Crippen molar-refractivity contribution in [2.75, 3.05) is 13.2 Å². The molecule has 1 aliphatic rings. The Labute approximate surface area is 173 Å². The van der Waals surface area contributed by atoms with E-state index in [1.54, 1.807) is 0 Å². The molecule has 0 heterocycles. The van der Waals surface area contributed by atoms with Gasteiger partial charge in [-0.2, -0.15) is 0 Å². The Hall–Kier alpha value is -1.06. The van der Waals surface area contributed by atoms with Gasteiger partial charge < -0.3 is 9.47 Å². The van der Waals surface area contributed by atoms with Crippen molar-refractivity contribution in [3.05, 3.63) is 0 Å². The van der Waals surface area contributed by atoms with Crippen LogP contribution < -0.4 is 0 Å². The molecule has 0 bridgehead atoms. The van der Waals surface area contributed by atoms with Crippen molar-refractivity contribution in [3.63, 3.8) is 0 Å². The van der Waals surface area contributed by atoms with Crippen LogP contribution in [0, 0.1) is 5.41 Å². The number of carbonyl (C=O) groups is 2. The monoisotopic (exact) mass is 396 g/mol. The first-order valence-corrected chi connectivity index (χ1v) is 11.9. The molecule has 0 aromatic rings. The van der Waals surface area contributed by atoms with Crippen molar-refractivity contribution in [2.24, 2.45) is 5.41 Å². The molecule has 0 amide bonds. The minimum atomic E-state index is -0.159. The molecule has 4 heteroatoms. The van der Waals surface area contributed by atoms with Crippen molar-refractivity contribution < 1.29 is 19.1 Å². The lowest BCUT2D eigenvalue weighted by atomic mass is 9.75. The van der Waals surface area contributed by atoms with Crippen LogP contribution in [0.1, 0.15) is 123 Å². The van der Waals surface area contributed by atoms with E-state index in [-0.39, 0.29) is 17.4 Å². The Kier molecular flexibility index (Phi) is 14.1. The number of ether oxygens (including phenoxy) is 2. The van der Waals surface area contributed by atoms with E-state index in [4.69, 9.17) is 9.47 Å². The van der Waals surface area contributed by atoms with Crippen LogP contribution in [0.4, 0.5) is 0 Å². The van der Waals surface area contributed by atoms with Crippen LogP contribution >= 0.6 is 0 Å². The van der Waals surface area contributed by atoms with Gasteiger partial charge in [-0.15, -0.1) is 0 Å². The topological polar surface area (TPSA) is 52.6 Å². The van der Waals surface area contributed by atoms with Gasteiger partial charge in [0.05, 0.1) is 0 Å². The predicted molar refractivity (Wildman–Crippen MR) is 114 cm³/mol. The number of hydrogen-bond donors (Lipinski definition) is 0. The molecule has 0 aromatic heterocycles. The van der Waals surface area contributed by atoms with Crippen molar-refractivity contribution in [2.45, 2.75) is 123 Å². The van der Waals surface area contributed by atoms with E-state index in [2.05, 4.69) is 13.8 Å². The number of rotatable bonds is 16. The Bertz CT molecular complexity index is 381. The molecule has 1 fully saturated rings. The molecule has 1 rings (SSSR count). The van der Waals surface area contributed by atoms with Gasteiger partial charge in [-0.1, -0.05) is 84.5 Å². The van der Waals surface area contributed by atoms with E-state index in [0.29, 0.717) is 26.1 Å². The molecule has 0 N–H and O–H groups in total. The van der Waals surface area contributed by atoms with Gasteiger partial charge >= 0.3 is 11.9 Å². The maximum atomic E-state index is 12.1. The van der Waals surface area contributed by atoms with E-state index in [1.165, 1.54) is 44.9 Å². The number of unbranched alkanes of at least 4 members (excludes halogenated alkanes) is 8. The van der Waals surface area contributed by atoms with Crippen LogP contribution in [0.15, 0.2) is 0 Å². The van der Waals surface area contributed by atoms with E-state index >= 15 is 0 Å². The molecule has 1 aliphatic carbocycles.